The van der Waals surface area contributed by atoms with Crippen molar-refractivity contribution in [3.63, 3.8) is 0 Å². The molecule has 3 aromatic rings. The van der Waals surface area contributed by atoms with Crippen LogP contribution in [0.15, 0.2) is 36.9 Å². The molecule has 0 saturated heterocycles. The van der Waals surface area contributed by atoms with Crippen molar-refractivity contribution in [3.05, 3.63) is 53.3 Å². The van der Waals surface area contributed by atoms with E-state index in [1.807, 2.05) is 0 Å². The molecule has 33 heavy (non-hydrogen) atoms. The predicted molar refractivity (Wildman–Crippen MR) is 119 cm³/mol. The van der Waals surface area contributed by atoms with Gasteiger partial charge in [-0.2, -0.15) is 15.5 Å². The van der Waals surface area contributed by atoms with E-state index in [0.717, 1.165) is 0 Å². The van der Waals surface area contributed by atoms with Crippen LogP contribution in [0.3, 0.4) is 0 Å². The summed E-state index contributed by atoms with van der Waals surface area (Å²) in [4.78, 5) is 21.3. The molecule has 3 aromatic heterocycles. The molecular weight excluding hydrogens is 452 g/mol. The van der Waals surface area contributed by atoms with Crippen LogP contribution >= 0.6 is 11.6 Å². The standard InChI is InChI=1S/C19H19ClN10O3/c1-32-10-14(33-2)17-13(9-22-16-6-15(20)28-29(16)17)27-19(31)26-12-5-11(7-21)18(23-8-12)30-24-3-4-25-30/h3-6,8-9,14,24-25H,10H2,1-2H3,(H2,26,27,31). The van der Waals surface area contributed by atoms with Crippen molar-refractivity contribution in [2.24, 2.45) is 0 Å². The zero-order valence-corrected chi connectivity index (χ0v) is 18.3. The molecule has 1 aliphatic rings. The van der Waals surface area contributed by atoms with Crippen molar-refractivity contribution in [2.75, 3.05) is 36.6 Å². The van der Waals surface area contributed by atoms with Gasteiger partial charge >= 0.3 is 6.03 Å². The summed E-state index contributed by atoms with van der Waals surface area (Å²) >= 11 is 6.04. The molecular formula is C19H19ClN10O3. The second-order valence-electron chi connectivity index (χ2n) is 6.69. The largest absolute Gasteiger partial charge is 0.382 e. The molecule has 0 aromatic carbocycles. The van der Waals surface area contributed by atoms with E-state index in [1.54, 1.807) is 18.5 Å². The first kappa shape index (κ1) is 22.1. The molecule has 4 rings (SSSR count). The smallest absolute Gasteiger partial charge is 0.323 e. The fourth-order valence-corrected chi connectivity index (χ4v) is 3.37. The van der Waals surface area contributed by atoms with E-state index in [0.29, 0.717) is 28.5 Å². The summed E-state index contributed by atoms with van der Waals surface area (Å²) in [5.41, 5.74) is 7.62. The molecule has 1 unspecified atom stereocenters. The van der Waals surface area contributed by atoms with Gasteiger partial charge < -0.3 is 20.1 Å². The van der Waals surface area contributed by atoms with Gasteiger partial charge in [-0.1, -0.05) is 11.6 Å². The molecule has 0 spiro atoms. The highest BCUT2D eigenvalue weighted by molar-refractivity contribution is 6.29. The lowest BCUT2D eigenvalue weighted by molar-refractivity contribution is 0.0241. The number of aromatic nitrogens is 4. The van der Waals surface area contributed by atoms with Crippen LogP contribution in [0.2, 0.25) is 5.15 Å². The number of urea groups is 1. The molecule has 1 atom stereocenters. The van der Waals surface area contributed by atoms with Crippen LogP contribution in [-0.2, 0) is 9.47 Å². The van der Waals surface area contributed by atoms with Crippen molar-refractivity contribution >= 4 is 40.5 Å². The Morgan fingerprint density at radius 1 is 1.24 bits per heavy atom. The Labute approximate surface area is 192 Å². The average molecular weight is 471 g/mol. The molecule has 0 bridgehead atoms. The Kier molecular flexibility index (Phi) is 6.41. The number of nitrogens with zero attached hydrogens (tertiary/aromatic N) is 6. The van der Waals surface area contributed by atoms with Gasteiger partial charge in [-0.25, -0.2) is 19.3 Å². The number of carbonyl (C=O) groups excluding carboxylic acids is 1. The lowest BCUT2D eigenvalue weighted by Crippen LogP contribution is -2.39. The number of hydrazine groups is 2. The summed E-state index contributed by atoms with van der Waals surface area (Å²) in [6.07, 6.45) is 5.63. The van der Waals surface area contributed by atoms with Crippen LogP contribution in [0.1, 0.15) is 17.4 Å². The highest BCUT2D eigenvalue weighted by atomic mass is 35.5. The number of ether oxygens (including phenoxy) is 2. The number of carbonyl (C=O) groups is 1. The van der Waals surface area contributed by atoms with Crippen LogP contribution in [0, 0.1) is 11.3 Å². The van der Waals surface area contributed by atoms with E-state index >= 15 is 0 Å². The summed E-state index contributed by atoms with van der Waals surface area (Å²) in [5, 5.41) is 20.8. The van der Waals surface area contributed by atoms with Gasteiger partial charge in [0.15, 0.2) is 16.6 Å². The van der Waals surface area contributed by atoms with E-state index in [1.165, 1.54) is 42.3 Å². The zero-order chi connectivity index (χ0) is 23.4. The predicted octanol–water partition coefficient (Wildman–Crippen LogP) is 1.93. The maximum Gasteiger partial charge on any atom is 0.323 e. The number of nitrogens with one attached hydrogen (secondary N) is 4. The molecule has 0 aliphatic carbocycles. The SMILES string of the molecule is COCC(OC)c1c(NC(=O)Nc2cnc(N3NC=CN3)c(C#N)c2)cnc2cc(Cl)nn12. The maximum atomic E-state index is 12.8. The van der Waals surface area contributed by atoms with Gasteiger partial charge in [0.2, 0.25) is 0 Å². The highest BCUT2D eigenvalue weighted by Crippen LogP contribution is 2.27. The Balaban J connectivity index is 1.58. The molecule has 170 valence electrons. The van der Waals surface area contributed by atoms with Crippen LogP contribution in [0.5, 0.6) is 0 Å². The minimum absolute atomic E-state index is 0.202. The van der Waals surface area contributed by atoms with Gasteiger partial charge in [-0.05, 0) is 6.07 Å². The zero-order valence-electron chi connectivity index (χ0n) is 17.5. The Hall–Kier alpha value is -4.12. The molecule has 4 N–H and O–H groups in total. The van der Waals surface area contributed by atoms with Gasteiger partial charge in [0.05, 0.1) is 30.4 Å². The number of halogens is 1. The van der Waals surface area contributed by atoms with E-state index in [9.17, 15) is 10.1 Å². The second-order valence-corrected chi connectivity index (χ2v) is 7.07. The number of pyridine rings is 1. The monoisotopic (exact) mass is 470 g/mol. The fraction of sp³-hybridized carbons (Fsp3) is 0.211. The minimum Gasteiger partial charge on any atom is -0.382 e. The molecule has 0 saturated carbocycles. The molecule has 14 heteroatoms. The van der Waals surface area contributed by atoms with Gasteiger partial charge in [0, 0.05) is 32.7 Å². The number of anilines is 3. The molecule has 1 aliphatic heterocycles. The number of methoxy groups -OCH3 is 2. The number of hydrogen-bond acceptors (Lipinski definition) is 10. The molecule has 2 amide bonds. The molecule has 0 radical (unpaired) electrons. The van der Waals surface area contributed by atoms with Gasteiger partial charge in [-0.3, -0.25) is 10.9 Å². The molecule has 4 heterocycles. The number of nitriles is 1. The van der Waals surface area contributed by atoms with Gasteiger partial charge in [-0.15, -0.1) is 0 Å². The van der Waals surface area contributed by atoms with Crippen molar-refractivity contribution in [3.8, 4) is 6.07 Å². The number of hydrogen-bond donors (Lipinski definition) is 4. The summed E-state index contributed by atoms with van der Waals surface area (Å²) in [6.45, 7) is 0.202. The van der Waals surface area contributed by atoms with Gasteiger partial charge in [0.25, 0.3) is 0 Å². The quantitative estimate of drug-likeness (QED) is 0.402. The normalized spacial score (nSPS) is 13.3. The van der Waals surface area contributed by atoms with Crippen LogP contribution in [-0.4, -0.2) is 46.4 Å². The lowest BCUT2D eigenvalue weighted by Gasteiger charge is -2.20. The van der Waals surface area contributed by atoms with Crippen LogP contribution < -0.4 is 26.6 Å². The fourth-order valence-electron chi connectivity index (χ4n) is 3.19. The van der Waals surface area contributed by atoms with E-state index in [2.05, 4.69) is 42.6 Å². The van der Waals surface area contributed by atoms with E-state index < -0.39 is 12.1 Å². The Morgan fingerprint density at radius 2 is 2.03 bits per heavy atom. The number of rotatable bonds is 7. The van der Waals surface area contributed by atoms with Crippen molar-refractivity contribution in [2.45, 2.75) is 6.10 Å². The van der Waals surface area contributed by atoms with E-state index in [-0.39, 0.29) is 17.3 Å². The summed E-state index contributed by atoms with van der Waals surface area (Å²) in [7, 11) is 3.05. The topological polar surface area (TPSA) is 154 Å². The third kappa shape index (κ3) is 4.58. The van der Waals surface area contributed by atoms with Crippen LogP contribution in [0.25, 0.3) is 5.65 Å². The average Bonchev–Trinajstić information content (AvgIpc) is 3.47. The highest BCUT2D eigenvalue weighted by Gasteiger charge is 2.23. The second kappa shape index (κ2) is 9.57. The van der Waals surface area contributed by atoms with Crippen molar-refractivity contribution in [1.82, 2.24) is 30.4 Å². The number of fused-ring (bicyclic) bond motifs is 1. The molecule has 0 fully saturated rings. The Bertz CT molecular complexity index is 1250. The maximum absolute atomic E-state index is 12.8. The van der Waals surface area contributed by atoms with Crippen LogP contribution in [0.4, 0.5) is 22.0 Å². The molecule has 13 nitrogen and oxygen atoms in total. The summed E-state index contributed by atoms with van der Waals surface area (Å²) < 4.78 is 12.3. The van der Waals surface area contributed by atoms with Gasteiger partial charge in [0.1, 0.15) is 23.4 Å². The van der Waals surface area contributed by atoms with Crippen molar-refractivity contribution < 1.29 is 14.3 Å². The Morgan fingerprint density at radius 3 is 2.73 bits per heavy atom. The lowest BCUT2D eigenvalue weighted by atomic mass is 10.2. The third-order valence-electron chi connectivity index (χ3n) is 4.59. The van der Waals surface area contributed by atoms with Crippen molar-refractivity contribution in [1.29, 1.82) is 5.26 Å². The van der Waals surface area contributed by atoms with E-state index in [4.69, 9.17) is 21.1 Å². The first-order valence-corrected chi connectivity index (χ1v) is 9.93. The first-order valence-electron chi connectivity index (χ1n) is 9.55. The number of amides is 2. The third-order valence-corrected chi connectivity index (χ3v) is 4.78. The summed E-state index contributed by atoms with van der Waals surface area (Å²) in [6, 6.07) is 4.56. The minimum atomic E-state index is -0.583. The summed E-state index contributed by atoms with van der Waals surface area (Å²) in [5.74, 6) is 0.350. The first-order chi connectivity index (χ1) is 16.0.